The summed E-state index contributed by atoms with van der Waals surface area (Å²) in [6.45, 7) is 5.56. The maximum Gasteiger partial charge on any atom is 0.432 e. The number of ether oxygens (including phenoxy) is 2. The van der Waals surface area contributed by atoms with Gasteiger partial charge in [0.15, 0.2) is 0 Å². The molecular weight excluding hydrogens is 393 g/mol. The predicted octanol–water partition coefficient (Wildman–Crippen LogP) is 3.61. The van der Waals surface area contributed by atoms with Gasteiger partial charge in [0.2, 0.25) is 0 Å². The van der Waals surface area contributed by atoms with Crippen molar-refractivity contribution in [1.29, 1.82) is 5.26 Å². The first kappa shape index (κ1) is 22.2. The molecule has 0 unspecified atom stereocenters. The maximum absolute atomic E-state index is 13.8. The molecule has 0 saturated heterocycles. The lowest BCUT2D eigenvalue weighted by Gasteiger charge is -2.27. The number of hydrogen-bond donors (Lipinski definition) is 1. The van der Waals surface area contributed by atoms with Gasteiger partial charge in [-0.3, -0.25) is 4.57 Å². The predicted molar refractivity (Wildman–Crippen MR) is 94.9 cm³/mol. The Hall–Kier alpha value is -3.06. The highest BCUT2D eigenvalue weighted by Crippen LogP contribution is 2.43. The molecule has 7 nitrogen and oxygen atoms in total. The quantitative estimate of drug-likeness (QED) is 0.773. The van der Waals surface area contributed by atoms with Crippen LogP contribution < -0.4 is 0 Å². The van der Waals surface area contributed by atoms with Gasteiger partial charge < -0.3 is 14.6 Å². The summed E-state index contributed by atoms with van der Waals surface area (Å²) in [5.74, 6) is -1.93. The Balaban J connectivity index is 2.84. The molecule has 0 aliphatic rings. The van der Waals surface area contributed by atoms with E-state index in [4.69, 9.17) is 10.00 Å². The zero-order valence-electron chi connectivity index (χ0n) is 16.1. The van der Waals surface area contributed by atoms with E-state index in [2.05, 4.69) is 4.74 Å². The number of alkyl halides is 3. The first-order valence-corrected chi connectivity index (χ1v) is 8.51. The second kappa shape index (κ2) is 7.40. The Kier molecular flexibility index (Phi) is 5.68. The summed E-state index contributed by atoms with van der Waals surface area (Å²) in [6.07, 6.45) is -5.82. The van der Waals surface area contributed by atoms with Crippen molar-refractivity contribution in [2.75, 3.05) is 6.61 Å². The second-order valence-corrected chi connectivity index (χ2v) is 7.17. The number of fused-ring (bicyclic) bond motifs is 1. The number of nitriles is 1. The molecule has 156 valence electrons. The number of aromatic nitrogens is 1. The number of rotatable bonds is 3. The molecule has 29 heavy (non-hydrogen) atoms. The highest BCUT2D eigenvalue weighted by atomic mass is 19.4. The van der Waals surface area contributed by atoms with E-state index in [-0.39, 0.29) is 16.5 Å². The molecule has 0 fully saturated rings. The first-order chi connectivity index (χ1) is 13.3. The summed E-state index contributed by atoms with van der Waals surface area (Å²) in [6, 6.07) is 5.28. The van der Waals surface area contributed by atoms with Crippen LogP contribution in [0.1, 0.15) is 38.8 Å². The van der Waals surface area contributed by atoms with Crippen LogP contribution in [-0.4, -0.2) is 40.1 Å². The standard InChI is InChI=1S/C19H19F3N2O5/c1-5-28-15(25)18(27,19(20,21)22)13-10-24(16(26)29-17(2,3)4)14-8-11(9-23)6-7-12(13)14/h6-8,10,27H,5H2,1-4H3/t18-/m1/s1. The van der Waals surface area contributed by atoms with Gasteiger partial charge in [0.05, 0.1) is 23.8 Å². The van der Waals surface area contributed by atoms with Crippen molar-refractivity contribution < 1.29 is 37.3 Å². The Morgan fingerprint density at radius 1 is 1.24 bits per heavy atom. The molecule has 1 aromatic heterocycles. The lowest BCUT2D eigenvalue weighted by Crippen LogP contribution is -2.50. The average molecular weight is 412 g/mol. The smallest absolute Gasteiger partial charge is 0.432 e. The van der Waals surface area contributed by atoms with Crippen molar-refractivity contribution in [3.8, 4) is 6.07 Å². The van der Waals surface area contributed by atoms with Crippen LogP contribution >= 0.6 is 0 Å². The molecule has 1 atom stereocenters. The molecule has 1 N–H and O–H groups in total. The second-order valence-electron chi connectivity index (χ2n) is 7.17. The summed E-state index contributed by atoms with van der Waals surface area (Å²) in [4.78, 5) is 24.7. The van der Waals surface area contributed by atoms with Crippen molar-refractivity contribution >= 4 is 23.0 Å². The number of hydrogen-bond acceptors (Lipinski definition) is 6. The Bertz CT molecular complexity index is 998. The average Bonchev–Trinajstić information content (AvgIpc) is 2.97. The van der Waals surface area contributed by atoms with Gasteiger partial charge in [-0.15, -0.1) is 0 Å². The van der Waals surface area contributed by atoms with E-state index in [9.17, 15) is 27.9 Å². The fourth-order valence-electron chi connectivity index (χ4n) is 2.66. The van der Waals surface area contributed by atoms with Crippen molar-refractivity contribution in [2.24, 2.45) is 0 Å². The number of halogens is 3. The molecule has 0 aliphatic carbocycles. The van der Waals surface area contributed by atoms with Crippen molar-refractivity contribution in [3.05, 3.63) is 35.5 Å². The lowest BCUT2D eigenvalue weighted by atomic mass is 9.92. The third-order valence-corrected chi connectivity index (χ3v) is 3.90. The Morgan fingerprint density at radius 2 is 1.86 bits per heavy atom. The van der Waals surface area contributed by atoms with Gasteiger partial charge in [-0.25, -0.2) is 9.59 Å². The number of nitrogens with zero attached hydrogens (tertiary/aromatic N) is 2. The Morgan fingerprint density at radius 3 is 2.34 bits per heavy atom. The molecule has 0 aliphatic heterocycles. The van der Waals surface area contributed by atoms with Gasteiger partial charge in [-0.2, -0.15) is 18.4 Å². The molecule has 1 aromatic carbocycles. The summed E-state index contributed by atoms with van der Waals surface area (Å²) in [5.41, 5.74) is -5.99. The van der Waals surface area contributed by atoms with Crippen LogP contribution in [-0.2, 0) is 19.9 Å². The van der Waals surface area contributed by atoms with E-state index in [0.29, 0.717) is 10.8 Å². The Labute approximate surface area is 164 Å². The van der Waals surface area contributed by atoms with Gasteiger partial charge in [0.25, 0.3) is 5.60 Å². The summed E-state index contributed by atoms with van der Waals surface area (Å²) < 4.78 is 51.7. The van der Waals surface area contributed by atoms with Gasteiger partial charge in [0.1, 0.15) is 5.60 Å². The van der Waals surface area contributed by atoms with E-state index in [1.54, 1.807) is 20.8 Å². The largest absolute Gasteiger partial charge is 0.463 e. The van der Waals surface area contributed by atoms with Crippen molar-refractivity contribution in [1.82, 2.24) is 4.57 Å². The molecule has 2 aromatic rings. The van der Waals surface area contributed by atoms with Crippen LogP contribution in [0.3, 0.4) is 0 Å². The summed E-state index contributed by atoms with van der Waals surface area (Å²) >= 11 is 0. The molecule has 2 rings (SSSR count). The molecular formula is C19H19F3N2O5. The van der Waals surface area contributed by atoms with Crippen LogP contribution in [0.15, 0.2) is 24.4 Å². The maximum atomic E-state index is 13.8. The van der Waals surface area contributed by atoms with E-state index in [0.717, 1.165) is 12.1 Å². The summed E-state index contributed by atoms with van der Waals surface area (Å²) in [7, 11) is 0. The summed E-state index contributed by atoms with van der Waals surface area (Å²) in [5, 5.41) is 19.3. The highest BCUT2D eigenvalue weighted by Gasteiger charge is 2.63. The van der Waals surface area contributed by atoms with Crippen LogP contribution in [0.25, 0.3) is 10.9 Å². The van der Waals surface area contributed by atoms with Gasteiger partial charge >= 0.3 is 18.2 Å². The molecule has 0 spiro atoms. The van der Waals surface area contributed by atoms with Crippen LogP contribution in [0, 0.1) is 11.3 Å². The monoisotopic (exact) mass is 412 g/mol. The van der Waals surface area contributed by atoms with Gasteiger partial charge in [0, 0.05) is 17.1 Å². The van der Waals surface area contributed by atoms with Crippen LogP contribution in [0.2, 0.25) is 0 Å². The fraction of sp³-hybridized carbons (Fsp3) is 0.421. The number of aliphatic hydroxyl groups is 1. The number of benzene rings is 1. The minimum atomic E-state index is -5.44. The van der Waals surface area contributed by atoms with Crippen molar-refractivity contribution in [3.63, 3.8) is 0 Å². The zero-order chi connectivity index (χ0) is 22.2. The number of carbonyl (C=O) groups is 2. The third kappa shape index (κ3) is 4.05. The molecule has 0 saturated carbocycles. The van der Waals surface area contributed by atoms with Gasteiger partial charge in [-0.05, 0) is 39.8 Å². The fourth-order valence-corrected chi connectivity index (χ4v) is 2.66. The van der Waals surface area contributed by atoms with E-state index in [1.807, 2.05) is 6.07 Å². The highest BCUT2D eigenvalue weighted by molar-refractivity contribution is 5.97. The molecule has 0 bridgehead atoms. The SMILES string of the molecule is CCOC(=O)[C@](O)(c1cn(C(=O)OC(C)(C)C)c2cc(C#N)ccc12)C(F)(F)F. The molecule has 0 amide bonds. The molecule has 10 heteroatoms. The lowest BCUT2D eigenvalue weighted by molar-refractivity contribution is -0.267. The zero-order valence-corrected chi connectivity index (χ0v) is 16.1. The minimum absolute atomic E-state index is 0.0543. The van der Waals surface area contributed by atoms with E-state index < -0.39 is 41.6 Å². The van der Waals surface area contributed by atoms with E-state index >= 15 is 0 Å². The van der Waals surface area contributed by atoms with Crippen LogP contribution in [0.5, 0.6) is 0 Å². The minimum Gasteiger partial charge on any atom is -0.463 e. The first-order valence-electron chi connectivity index (χ1n) is 8.51. The molecule has 1 heterocycles. The molecule has 0 radical (unpaired) electrons. The van der Waals surface area contributed by atoms with Crippen molar-refractivity contribution in [2.45, 2.75) is 45.1 Å². The topological polar surface area (TPSA) is 102 Å². The third-order valence-electron chi connectivity index (χ3n) is 3.90. The number of carbonyl (C=O) groups excluding carboxylic acids is 2. The normalized spacial score (nSPS) is 14.2. The van der Waals surface area contributed by atoms with Crippen LogP contribution in [0.4, 0.5) is 18.0 Å². The number of esters is 1. The van der Waals surface area contributed by atoms with E-state index in [1.165, 1.54) is 13.0 Å². The van der Waals surface area contributed by atoms with Gasteiger partial charge in [-0.1, -0.05) is 6.07 Å².